The number of rotatable bonds is 7. The van der Waals surface area contributed by atoms with E-state index in [1.165, 1.54) is 0 Å². The Hall–Kier alpha value is -3.20. The van der Waals surface area contributed by atoms with E-state index in [1.54, 1.807) is 44.6 Å². The maximum Gasteiger partial charge on any atom is 0.226 e. The first-order valence-corrected chi connectivity index (χ1v) is 7.42. The van der Waals surface area contributed by atoms with Gasteiger partial charge in [-0.2, -0.15) is 5.26 Å². The van der Waals surface area contributed by atoms with Crippen molar-refractivity contribution < 1.29 is 14.3 Å². The summed E-state index contributed by atoms with van der Waals surface area (Å²) in [6.07, 6.45) is 0.314. The molecule has 2 N–H and O–H groups in total. The van der Waals surface area contributed by atoms with Crippen LogP contribution in [0.3, 0.4) is 0 Å². The minimum absolute atomic E-state index is 0.104. The highest BCUT2D eigenvalue weighted by atomic mass is 16.5. The van der Waals surface area contributed by atoms with Crippen LogP contribution in [0.1, 0.15) is 12.0 Å². The van der Waals surface area contributed by atoms with E-state index in [-0.39, 0.29) is 5.91 Å². The third-order valence-corrected chi connectivity index (χ3v) is 3.36. The summed E-state index contributed by atoms with van der Waals surface area (Å²) in [6, 6.07) is 14.3. The van der Waals surface area contributed by atoms with Crippen LogP contribution in [0.4, 0.5) is 11.4 Å². The van der Waals surface area contributed by atoms with Gasteiger partial charge in [-0.3, -0.25) is 4.79 Å². The van der Waals surface area contributed by atoms with Gasteiger partial charge in [0.05, 0.1) is 25.9 Å². The topological polar surface area (TPSA) is 83.4 Å². The average Bonchev–Trinajstić information content (AvgIpc) is 2.62. The molecule has 0 fully saturated rings. The van der Waals surface area contributed by atoms with Crippen molar-refractivity contribution in [1.82, 2.24) is 0 Å². The summed E-state index contributed by atoms with van der Waals surface area (Å²) < 4.78 is 10.4. The number of methoxy groups -OCH3 is 2. The van der Waals surface area contributed by atoms with Crippen molar-refractivity contribution in [3.8, 4) is 17.6 Å². The Morgan fingerprint density at radius 3 is 2.33 bits per heavy atom. The molecule has 0 radical (unpaired) electrons. The molecule has 0 aliphatic rings. The Balaban J connectivity index is 1.83. The SMILES string of the molecule is COc1ccc(NCCC(=O)Nc2ccc(C#N)cc2)cc1OC. The largest absolute Gasteiger partial charge is 0.493 e. The lowest BCUT2D eigenvalue weighted by Crippen LogP contribution is -2.16. The number of hydrogen-bond acceptors (Lipinski definition) is 5. The first-order chi connectivity index (χ1) is 11.7. The van der Waals surface area contributed by atoms with Gasteiger partial charge < -0.3 is 20.1 Å². The number of benzene rings is 2. The molecule has 0 saturated carbocycles. The lowest BCUT2D eigenvalue weighted by molar-refractivity contribution is -0.115. The van der Waals surface area contributed by atoms with Crippen LogP contribution in [0, 0.1) is 11.3 Å². The molecule has 6 nitrogen and oxygen atoms in total. The number of nitrogens with one attached hydrogen (secondary N) is 2. The molecule has 2 aromatic rings. The van der Waals surface area contributed by atoms with Crippen molar-refractivity contribution in [2.24, 2.45) is 0 Å². The summed E-state index contributed by atoms with van der Waals surface area (Å²) in [7, 11) is 3.16. The molecular formula is C18H19N3O3. The van der Waals surface area contributed by atoms with E-state index in [2.05, 4.69) is 10.6 Å². The molecule has 0 aromatic heterocycles. The van der Waals surface area contributed by atoms with Crippen molar-refractivity contribution >= 4 is 17.3 Å². The lowest BCUT2D eigenvalue weighted by atomic mass is 10.2. The zero-order chi connectivity index (χ0) is 17.4. The van der Waals surface area contributed by atoms with Crippen molar-refractivity contribution in [2.45, 2.75) is 6.42 Å². The van der Waals surface area contributed by atoms with Crippen LogP contribution in [-0.4, -0.2) is 26.7 Å². The summed E-state index contributed by atoms with van der Waals surface area (Å²) in [4.78, 5) is 11.9. The zero-order valence-electron chi connectivity index (χ0n) is 13.6. The van der Waals surface area contributed by atoms with E-state index in [1.807, 2.05) is 18.2 Å². The Morgan fingerprint density at radius 2 is 1.71 bits per heavy atom. The van der Waals surface area contributed by atoms with E-state index >= 15 is 0 Å². The molecule has 2 rings (SSSR count). The zero-order valence-corrected chi connectivity index (χ0v) is 13.6. The maximum atomic E-state index is 11.9. The first kappa shape index (κ1) is 17.2. The smallest absolute Gasteiger partial charge is 0.226 e. The van der Waals surface area contributed by atoms with Crippen molar-refractivity contribution in [3.05, 3.63) is 48.0 Å². The number of carbonyl (C=O) groups excluding carboxylic acids is 1. The molecule has 0 spiro atoms. The molecule has 0 heterocycles. The third kappa shape index (κ3) is 4.65. The van der Waals surface area contributed by atoms with Crippen molar-refractivity contribution in [3.63, 3.8) is 0 Å². The third-order valence-electron chi connectivity index (χ3n) is 3.36. The number of nitrogens with zero attached hydrogens (tertiary/aromatic N) is 1. The van der Waals surface area contributed by atoms with Gasteiger partial charge in [-0.15, -0.1) is 0 Å². The summed E-state index contributed by atoms with van der Waals surface area (Å²) in [5.74, 6) is 1.18. The molecule has 1 amide bonds. The monoisotopic (exact) mass is 325 g/mol. The number of carbonyl (C=O) groups is 1. The second-order valence-electron chi connectivity index (χ2n) is 4.98. The second kappa shape index (κ2) is 8.44. The van der Waals surface area contributed by atoms with Gasteiger partial charge in [0.25, 0.3) is 0 Å². The number of anilines is 2. The Bertz CT molecular complexity index is 736. The fourth-order valence-corrected chi connectivity index (χ4v) is 2.12. The van der Waals surface area contributed by atoms with E-state index in [0.717, 1.165) is 5.69 Å². The van der Waals surface area contributed by atoms with Gasteiger partial charge in [0.15, 0.2) is 11.5 Å². The number of nitriles is 1. The van der Waals surface area contributed by atoms with Gasteiger partial charge in [0.1, 0.15) is 0 Å². The van der Waals surface area contributed by atoms with E-state index in [4.69, 9.17) is 14.7 Å². The van der Waals surface area contributed by atoms with E-state index in [9.17, 15) is 4.79 Å². The van der Waals surface area contributed by atoms with Gasteiger partial charge in [-0.05, 0) is 36.4 Å². The van der Waals surface area contributed by atoms with Crippen LogP contribution in [0.5, 0.6) is 11.5 Å². The maximum absolute atomic E-state index is 11.9. The summed E-state index contributed by atoms with van der Waals surface area (Å²) in [5, 5.41) is 14.7. The summed E-state index contributed by atoms with van der Waals surface area (Å²) >= 11 is 0. The molecule has 0 aliphatic carbocycles. The van der Waals surface area contributed by atoms with Crippen LogP contribution >= 0.6 is 0 Å². The molecule has 24 heavy (non-hydrogen) atoms. The van der Waals surface area contributed by atoms with Crippen LogP contribution in [0.2, 0.25) is 0 Å². The standard InChI is InChI=1S/C18H19N3O3/c1-23-16-8-7-15(11-17(16)24-2)20-10-9-18(22)21-14-5-3-13(12-19)4-6-14/h3-8,11,20H,9-10H2,1-2H3,(H,21,22). The van der Waals surface area contributed by atoms with Crippen LogP contribution < -0.4 is 20.1 Å². The number of ether oxygens (including phenoxy) is 2. The highest BCUT2D eigenvalue weighted by Gasteiger charge is 2.06. The molecule has 0 atom stereocenters. The molecular weight excluding hydrogens is 306 g/mol. The first-order valence-electron chi connectivity index (χ1n) is 7.42. The van der Waals surface area contributed by atoms with Gasteiger partial charge in [-0.1, -0.05) is 0 Å². The predicted molar refractivity (Wildman–Crippen MR) is 92.4 cm³/mol. The molecule has 0 unspecified atom stereocenters. The van der Waals surface area contributed by atoms with E-state index in [0.29, 0.717) is 35.7 Å². The minimum Gasteiger partial charge on any atom is -0.493 e. The molecule has 6 heteroatoms. The fraction of sp³-hybridized carbons (Fsp3) is 0.222. The number of hydrogen-bond donors (Lipinski definition) is 2. The van der Waals surface area contributed by atoms with Crippen molar-refractivity contribution in [1.29, 1.82) is 5.26 Å². The molecule has 0 saturated heterocycles. The van der Waals surface area contributed by atoms with Gasteiger partial charge >= 0.3 is 0 Å². The second-order valence-corrected chi connectivity index (χ2v) is 4.98. The molecule has 2 aromatic carbocycles. The normalized spacial score (nSPS) is 9.71. The molecule has 124 valence electrons. The quantitative estimate of drug-likeness (QED) is 0.817. The average molecular weight is 325 g/mol. The summed E-state index contributed by atoms with van der Waals surface area (Å²) in [5.41, 5.74) is 2.08. The summed E-state index contributed by atoms with van der Waals surface area (Å²) in [6.45, 7) is 0.484. The van der Waals surface area contributed by atoms with Gasteiger partial charge in [0, 0.05) is 30.4 Å². The Morgan fingerprint density at radius 1 is 1.04 bits per heavy atom. The lowest BCUT2D eigenvalue weighted by Gasteiger charge is -2.11. The van der Waals surface area contributed by atoms with Crippen LogP contribution in [0.25, 0.3) is 0 Å². The van der Waals surface area contributed by atoms with Crippen LogP contribution in [-0.2, 0) is 4.79 Å². The fourth-order valence-electron chi connectivity index (χ4n) is 2.12. The van der Waals surface area contributed by atoms with Gasteiger partial charge in [0.2, 0.25) is 5.91 Å². The van der Waals surface area contributed by atoms with Gasteiger partial charge in [-0.25, -0.2) is 0 Å². The minimum atomic E-state index is -0.104. The molecule has 0 bridgehead atoms. The Labute approximate surface area is 141 Å². The number of amides is 1. The van der Waals surface area contributed by atoms with Crippen molar-refractivity contribution in [2.75, 3.05) is 31.4 Å². The Kier molecular flexibility index (Phi) is 6.03. The highest BCUT2D eigenvalue weighted by molar-refractivity contribution is 5.91. The van der Waals surface area contributed by atoms with Crippen LogP contribution in [0.15, 0.2) is 42.5 Å². The molecule has 0 aliphatic heterocycles. The predicted octanol–water partition coefficient (Wildman–Crippen LogP) is 3.02. The highest BCUT2D eigenvalue weighted by Crippen LogP contribution is 2.29. The van der Waals surface area contributed by atoms with E-state index < -0.39 is 0 Å².